The van der Waals surface area contributed by atoms with Gasteiger partial charge in [-0.05, 0) is 42.3 Å². The first-order valence-electron chi connectivity index (χ1n) is 7.39. The van der Waals surface area contributed by atoms with Crippen molar-refractivity contribution in [1.82, 2.24) is 0 Å². The highest BCUT2D eigenvalue weighted by Gasteiger charge is 2.15. The monoisotopic (exact) mass is 348 g/mol. The number of nitro groups is 1. The van der Waals surface area contributed by atoms with Crippen LogP contribution in [0.1, 0.15) is 12.0 Å². The molecule has 2 aromatic carbocycles. The summed E-state index contributed by atoms with van der Waals surface area (Å²) in [5.41, 5.74) is 0.269. The third kappa shape index (κ3) is 4.66. The van der Waals surface area contributed by atoms with Crippen molar-refractivity contribution in [3.63, 3.8) is 0 Å². The summed E-state index contributed by atoms with van der Waals surface area (Å²) < 4.78 is 23.7. The molecule has 7 nitrogen and oxygen atoms in total. The van der Waals surface area contributed by atoms with Crippen LogP contribution in [-0.2, 0) is 11.2 Å². The third-order valence-electron chi connectivity index (χ3n) is 3.54. The Kier molecular flexibility index (Phi) is 5.89. The number of halogens is 1. The molecule has 0 spiro atoms. The van der Waals surface area contributed by atoms with Crippen LogP contribution < -0.4 is 14.8 Å². The van der Waals surface area contributed by atoms with Gasteiger partial charge in [-0.15, -0.1) is 0 Å². The number of carbonyl (C=O) groups is 1. The Bertz CT molecular complexity index is 795. The van der Waals surface area contributed by atoms with Crippen molar-refractivity contribution in [3.05, 3.63) is 57.9 Å². The molecule has 8 heteroatoms. The van der Waals surface area contributed by atoms with E-state index in [1.54, 1.807) is 25.3 Å². The number of aryl methyl sites for hydroxylation is 1. The van der Waals surface area contributed by atoms with E-state index >= 15 is 0 Å². The lowest BCUT2D eigenvalue weighted by Crippen LogP contribution is -2.13. The van der Waals surface area contributed by atoms with E-state index in [4.69, 9.17) is 9.47 Å². The van der Waals surface area contributed by atoms with E-state index in [9.17, 15) is 19.3 Å². The van der Waals surface area contributed by atoms with Gasteiger partial charge >= 0.3 is 5.69 Å². The van der Waals surface area contributed by atoms with Gasteiger partial charge < -0.3 is 14.8 Å². The van der Waals surface area contributed by atoms with Gasteiger partial charge in [-0.1, -0.05) is 0 Å². The molecule has 0 heterocycles. The summed E-state index contributed by atoms with van der Waals surface area (Å²) >= 11 is 0. The number of hydrogen-bond donors (Lipinski definition) is 1. The van der Waals surface area contributed by atoms with Gasteiger partial charge in [-0.2, -0.15) is 4.39 Å². The number of nitrogens with zero attached hydrogens (tertiary/aromatic N) is 1. The molecular formula is C17H17FN2O5. The smallest absolute Gasteiger partial charge is 0.306 e. The van der Waals surface area contributed by atoms with Crippen LogP contribution >= 0.6 is 0 Å². The van der Waals surface area contributed by atoms with Crippen molar-refractivity contribution in [1.29, 1.82) is 0 Å². The highest BCUT2D eigenvalue weighted by molar-refractivity contribution is 5.91. The molecule has 0 aliphatic heterocycles. The Morgan fingerprint density at radius 2 is 1.96 bits per heavy atom. The summed E-state index contributed by atoms with van der Waals surface area (Å²) in [6.45, 7) is 0. The molecule has 25 heavy (non-hydrogen) atoms. The SMILES string of the molecule is COc1ccc(OC)c(CCC(=O)Nc2ccc(F)c([N+](=O)[O-])c2)c1. The van der Waals surface area contributed by atoms with Crippen molar-refractivity contribution >= 4 is 17.3 Å². The standard InChI is InChI=1S/C17H17FN2O5/c1-24-13-5-7-16(25-2)11(9-13)3-8-17(21)19-12-4-6-14(18)15(10-12)20(22)23/h4-7,9-10H,3,8H2,1-2H3,(H,19,21). The van der Waals surface area contributed by atoms with Gasteiger partial charge in [0, 0.05) is 18.2 Å². The maximum absolute atomic E-state index is 13.3. The summed E-state index contributed by atoms with van der Waals surface area (Å²) in [6.07, 6.45) is 0.504. The molecule has 0 unspecified atom stereocenters. The van der Waals surface area contributed by atoms with Crippen LogP contribution in [0.25, 0.3) is 0 Å². The van der Waals surface area contributed by atoms with Crippen LogP contribution in [0, 0.1) is 15.9 Å². The van der Waals surface area contributed by atoms with Crippen LogP contribution in [0.15, 0.2) is 36.4 Å². The number of rotatable bonds is 7. The van der Waals surface area contributed by atoms with Gasteiger partial charge in [-0.25, -0.2) is 0 Å². The number of anilines is 1. The van der Waals surface area contributed by atoms with E-state index in [1.165, 1.54) is 13.2 Å². The van der Waals surface area contributed by atoms with Crippen molar-refractivity contribution in [3.8, 4) is 11.5 Å². The number of methoxy groups -OCH3 is 2. The Labute approximate surface area is 143 Å². The molecule has 0 saturated heterocycles. The van der Waals surface area contributed by atoms with E-state index in [0.29, 0.717) is 17.9 Å². The van der Waals surface area contributed by atoms with Crippen molar-refractivity contribution < 1.29 is 23.6 Å². The number of amides is 1. The molecular weight excluding hydrogens is 331 g/mol. The molecule has 132 valence electrons. The minimum Gasteiger partial charge on any atom is -0.497 e. The Morgan fingerprint density at radius 3 is 2.60 bits per heavy atom. The van der Waals surface area contributed by atoms with Crippen LogP contribution in [-0.4, -0.2) is 25.1 Å². The molecule has 0 aromatic heterocycles. The number of carbonyl (C=O) groups excluding carboxylic acids is 1. The predicted molar refractivity (Wildman–Crippen MR) is 89.6 cm³/mol. The second kappa shape index (κ2) is 8.09. The van der Waals surface area contributed by atoms with Gasteiger partial charge in [-0.3, -0.25) is 14.9 Å². The third-order valence-corrected chi connectivity index (χ3v) is 3.54. The molecule has 0 atom stereocenters. The second-order valence-corrected chi connectivity index (χ2v) is 5.15. The van der Waals surface area contributed by atoms with Crippen LogP contribution in [0.2, 0.25) is 0 Å². The van der Waals surface area contributed by atoms with E-state index in [1.807, 2.05) is 0 Å². The molecule has 0 bridgehead atoms. The van der Waals surface area contributed by atoms with E-state index in [2.05, 4.69) is 5.32 Å². The largest absolute Gasteiger partial charge is 0.497 e. The van der Waals surface area contributed by atoms with Gasteiger partial charge in [0.05, 0.1) is 19.1 Å². The number of ether oxygens (including phenoxy) is 2. The summed E-state index contributed by atoms with van der Waals surface area (Å²) in [5, 5.41) is 13.2. The van der Waals surface area contributed by atoms with Gasteiger partial charge in [0.2, 0.25) is 11.7 Å². The molecule has 1 N–H and O–H groups in total. The lowest BCUT2D eigenvalue weighted by molar-refractivity contribution is -0.387. The summed E-state index contributed by atoms with van der Waals surface area (Å²) in [6, 6.07) is 8.47. The average Bonchev–Trinajstić information content (AvgIpc) is 2.61. The zero-order chi connectivity index (χ0) is 18.4. The predicted octanol–water partition coefficient (Wildman–Crippen LogP) is 3.32. The molecule has 0 saturated carbocycles. The minimum absolute atomic E-state index is 0.120. The van der Waals surface area contributed by atoms with E-state index in [0.717, 1.165) is 17.7 Å². The zero-order valence-electron chi connectivity index (χ0n) is 13.7. The molecule has 0 aliphatic rings. The highest BCUT2D eigenvalue weighted by atomic mass is 19.1. The number of nitro benzene ring substituents is 1. The summed E-state index contributed by atoms with van der Waals surface area (Å²) in [5.74, 6) is -0.0358. The molecule has 2 aromatic rings. The van der Waals surface area contributed by atoms with E-state index < -0.39 is 16.4 Å². The first-order valence-corrected chi connectivity index (χ1v) is 7.39. The lowest BCUT2D eigenvalue weighted by Gasteiger charge is -2.10. The quantitative estimate of drug-likeness (QED) is 0.612. The number of benzene rings is 2. The van der Waals surface area contributed by atoms with Crippen LogP contribution in [0.4, 0.5) is 15.8 Å². The first-order chi connectivity index (χ1) is 11.9. The minimum atomic E-state index is -0.955. The highest BCUT2D eigenvalue weighted by Crippen LogP contribution is 2.26. The average molecular weight is 348 g/mol. The Hall–Kier alpha value is -3.16. The fourth-order valence-electron chi connectivity index (χ4n) is 2.28. The summed E-state index contributed by atoms with van der Waals surface area (Å²) in [4.78, 5) is 21.9. The van der Waals surface area contributed by atoms with Crippen molar-refractivity contribution in [2.24, 2.45) is 0 Å². The van der Waals surface area contributed by atoms with Gasteiger partial charge in [0.15, 0.2) is 0 Å². The zero-order valence-corrected chi connectivity index (χ0v) is 13.7. The van der Waals surface area contributed by atoms with Crippen molar-refractivity contribution in [2.75, 3.05) is 19.5 Å². The molecule has 1 amide bonds. The second-order valence-electron chi connectivity index (χ2n) is 5.15. The molecule has 0 aliphatic carbocycles. The maximum Gasteiger partial charge on any atom is 0.306 e. The first kappa shape index (κ1) is 18.2. The van der Waals surface area contributed by atoms with Crippen LogP contribution in [0.5, 0.6) is 11.5 Å². The van der Waals surface area contributed by atoms with Crippen molar-refractivity contribution in [2.45, 2.75) is 12.8 Å². The fraction of sp³-hybridized carbons (Fsp3) is 0.235. The van der Waals surface area contributed by atoms with Gasteiger partial charge in [0.1, 0.15) is 11.5 Å². The lowest BCUT2D eigenvalue weighted by atomic mass is 10.1. The summed E-state index contributed by atoms with van der Waals surface area (Å²) in [7, 11) is 3.07. The Morgan fingerprint density at radius 1 is 1.20 bits per heavy atom. The van der Waals surface area contributed by atoms with Gasteiger partial charge in [0.25, 0.3) is 0 Å². The Balaban J connectivity index is 2.04. The topological polar surface area (TPSA) is 90.7 Å². The van der Waals surface area contributed by atoms with Crippen LogP contribution in [0.3, 0.4) is 0 Å². The molecule has 0 fully saturated rings. The number of hydrogen-bond acceptors (Lipinski definition) is 5. The maximum atomic E-state index is 13.3. The normalized spacial score (nSPS) is 10.2. The number of nitrogens with one attached hydrogen (secondary N) is 1. The molecule has 2 rings (SSSR count). The van der Waals surface area contributed by atoms with E-state index in [-0.39, 0.29) is 18.0 Å². The fourth-order valence-corrected chi connectivity index (χ4v) is 2.28. The molecule has 0 radical (unpaired) electrons.